The van der Waals surface area contributed by atoms with Gasteiger partial charge in [-0.3, -0.25) is 4.39 Å². The van der Waals surface area contributed by atoms with Crippen molar-refractivity contribution in [3.05, 3.63) is 0 Å². The van der Waals surface area contributed by atoms with E-state index in [2.05, 4.69) is 5.32 Å². The van der Waals surface area contributed by atoms with Gasteiger partial charge < -0.3 is 5.32 Å². The molecule has 0 radical (unpaired) electrons. The number of halogens is 1. The molecule has 0 amide bonds. The lowest BCUT2D eigenvalue weighted by molar-refractivity contribution is 0.456. The summed E-state index contributed by atoms with van der Waals surface area (Å²) >= 11 is 0. The number of alkyl halides is 1. The Morgan fingerprint density at radius 2 is 2.10 bits per heavy atom. The van der Waals surface area contributed by atoms with Crippen LogP contribution < -0.4 is 5.32 Å². The van der Waals surface area contributed by atoms with Crippen molar-refractivity contribution >= 4 is 0 Å². The third-order valence-electron chi connectivity index (χ3n) is 1.91. The molecule has 2 heteroatoms. The summed E-state index contributed by atoms with van der Waals surface area (Å²) in [5, 5.41) is 3.22. The average Bonchev–Trinajstić information content (AvgIpc) is 2.71. The smallest absolute Gasteiger partial charge is 0.0906 e. The highest BCUT2D eigenvalue weighted by atomic mass is 19.1. The second-order valence-corrected chi connectivity index (χ2v) is 3.02. The van der Waals surface area contributed by atoms with Crippen molar-refractivity contribution < 1.29 is 4.39 Å². The van der Waals surface area contributed by atoms with E-state index in [1.807, 2.05) is 0 Å². The van der Waals surface area contributed by atoms with E-state index >= 15 is 0 Å². The fraction of sp³-hybridized carbons (Fsp3) is 1.00. The van der Waals surface area contributed by atoms with Gasteiger partial charge in [0.15, 0.2) is 0 Å². The average molecular weight is 145 g/mol. The van der Waals surface area contributed by atoms with Gasteiger partial charge in [0.05, 0.1) is 6.67 Å². The molecule has 1 fully saturated rings. The van der Waals surface area contributed by atoms with Gasteiger partial charge in [-0.15, -0.1) is 0 Å². The van der Waals surface area contributed by atoms with Crippen LogP contribution >= 0.6 is 0 Å². The molecule has 0 spiro atoms. The molecule has 1 aliphatic rings. The minimum Gasteiger partial charge on any atom is -0.317 e. The highest BCUT2D eigenvalue weighted by molar-refractivity contribution is 4.73. The van der Waals surface area contributed by atoms with Gasteiger partial charge in [0.2, 0.25) is 0 Å². The van der Waals surface area contributed by atoms with Gasteiger partial charge in [0.25, 0.3) is 0 Å². The fourth-order valence-corrected chi connectivity index (χ4v) is 1.03. The Morgan fingerprint density at radius 3 is 2.70 bits per heavy atom. The molecule has 1 rings (SSSR count). The quantitative estimate of drug-likeness (QED) is 0.561. The first kappa shape index (κ1) is 7.99. The van der Waals surface area contributed by atoms with Gasteiger partial charge in [0.1, 0.15) is 0 Å². The van der Waals surface area contributed by atoms with Gasteiger partial charge >= 0.3 is 0 Å². The van der Waals surface area contributed by atoms with Crippen LogP contribution in [0.1, 0.15) is 25.7 Å². The van der Waals surface area contributed by atoms with Crippen LogP contribution in [0.3, 0.4) is 0 Å². The molecule has 0 bridgehead atoms. The second kappa shape index (κ2) is 4.67. The highest BCUT2D eigenvalue weighted by Crippen LogP contribution is 2.31. The number of rotatable bonds is 6. The van der Waals surface area contributed by atoms with Crippen LogP contribution in [0.15, 0.2) is 0 Å². The normalized spacial score (nSPS) is 17.7. The molecule has 0 atom stereocenters. The van der Waals surface area contributed by atoms with Gasteiger partial charge in [0, 0.05) is 0 Å². The summed E-state index contributed by atoms with van der Waals surface area (Å²) in [5.74, 6) is 0.998. The SMILES string of the molecule is FCCCNCCC1CC1. The molecule has 10 heavy (non-hydrogen) atoms. The lowest BCUT2D eigenvalue weighted by Gasteiger charge is -2.00. The van der Waals surface area contributed by atoms with Crippen LogP contribution in [0.5, 0.6) is 0 Å². The Hall–Kier alpha value is -0.110. The molecule has 60 valence electrons. The maximum absolute atomic E-state index is 11.6. The number of nitrogens with one attached hydrogen (secondary N) is 1. The van der Waals surface area contributed by atoms with Crippen molar-refractivity contribution in [3.63, 3.8) is 0 Å². The zero-order chi connectivity index (χ0) is 7.23. The molecule has 0 aromatic rings. The van der Waals surface area contributed by atoms with Crippen molar-refractivity contribution in [1.82, 2.24) is 5.32 Å². The van der Waals surface area contributed by atoms with Crippen molar-refractivity contribution in [2.24, 2.45) is 5.92 Å². The second-order valence-electron chi connectivity index (χ2n) is 3.02. The molecule has 1 N–H and O–H groups in total. The Kier molecular flexibility index (Phi) is 3.73. The largest absolute Gasteiger partial charge is 0.317 e. The molecule has 0 heterocycles. The summed E-state index contributed by atoms with van der Waals surface area (Å²) in [6.07, 6.45) is 4.81. The Labute approximate surface area is 62.0 Å². The first-order chi connectivity index (χ1) is 4.93. The summed E-state index contributed by atoms with van der Waals surface area (Å²) in [5.41, 5.74) is 0. The predicted molar refractivity (Wildman–Crippen MR) is 40.8 cm³/mol. The fourth-order valence-electron chi connectivity index (χ4n) is 1.03. The molecule has 0 aliphatic heterocycles. The first-order valence-corrected chi connectivity index (χ1v) is 4.20. The zero-order valence-electron chi connectivity index (χ0n) is 6.41. The predicted octanol–water partition coefficient (Wildman–Crippen LogP) is 1.74. The van der Waals surface area contributed by atoms with E-state index < -0.39 is 0 Å². The summed E-state index contributed by atoms with van der Waals surface area (Å²) in [6, 6.07) is 0. The standard InChI is InChI=1S/C8H16FN/c9-5-1-6-10-7-4-8-2-3-8/h8,10H,1-7H2. The van der Waals surface area contributed by atoms with E-state index in [0.29, 0.717) is 6.42 Å². The molecule has 1 aliphatic carbocycles. The molecular formula is C8H16FN. The van der Waals surface area contributed by atoms with E-state index in [1.165, 1.54) is 19.3 Å². The topological polar surface area (TPSA) is 12.0 Å². The van der Waals surface area contributed by atoms with Crippen molar-refractivity contribution in [1.29, 1.82) is 0 Å². The third kappa shape index (κ3) is 3.83. The van der Waals surface area contributed by atoms with Crippen LogP contribution in [0.4, 0.5) is 4.39 Å². The molecule has 0 aromatic carbocycles. The molecule has 0 unspecified atom stereocenters. The maximum Gasteiger partial charge on any atom is 0.0906 e. The first-order valence-electron chi connectivity index (χ1n) is 4.20. The lowest BCUT2D eigenvalue weighted by Crippen LogP contribution is -2.17. The lowest BCUT2D eigenvalue weighted by atomic mass is 10.3. The van der Waals surface area contributed by atoms with Gasteiger partial charge in [-0.1, -0.05) is 12.8 Å². The van der Waals surface area contributed by atoms with E-state index in [0.717, 1.165) is 19.0 Å². The Bertz CT molecular complexity index is 81.3. The molecule has 0 saturated heterocycles. The van der Waals surface area contributed by atoms with E-state index in [-0.39, 0.29) is 6.67 Å². The van der Waals surface area contributed by atoms with E-state index in [1.54, 1.807) is 0 Å². The van der Waals surface area contributed by atoms with Crippen molar-refractivity contribution in [2.75, 3.05) is 19.8 Å². The van der Waals surface area contributed by atoms with Crippen LogP contribution in [0, 0.1) is 5.92 Å². The van der Waals surface area contributed by atoms with Crippen LogP contribution in [0.25, 0.3) is 0 Å². The summed E-state index contributed by atoms with van der Waals surface area (Å²) in [7, 11) is 0. The van der Waals surface area contributed by atoms with Crippen molar-refractivity contribution in [3.8, 4) is 0 Å². The van der Waals surface area contributed by atoms with E-state index in [4.69, 9.17) is 0 Å². The number of hydrogen-bond donors (Lipinski definition) is 1. The van der Waals surface area contributed by atoms with Gasteiger partial charge in [-0.2, -0.15) is 0 Å². The van der Waals surface area contributed by atoms with Gasteiger partial charge in [-0.05, 0) is 31.8 Å². The van der Waals surface area contributed by atoms with Crippen LogP contribution in [0.2, 0.25) is 0 Å². The van der Waals surface area contributed by atoms with E-state index in [9.17, 15) is 4.39 Å². The Morgan fingerprint density at radius 1 is 1.30 bits per heavy atom. The summed E-state index contributed by atoms with van der Waals surface area (Å²) in [4.78, 5) is 0. The van der Waals surface area contributed by atoms with Crippen LogP contribution in [-0.4, -0.2) is 19.8 Å². The molecular weight excluding hydrogens is 129 g/mol. The maximum atomic E-state index is 11.6. The van der Waals surface area contributed by atoms with Gasteiger partial charge in [-0.25, -0.2) is 0 Å². The number of hydrogen-bond acceptors (Lipinski definition) is 1. The summed E-state index contributed by atoms with van der Waals surface area (Å²) < 4.78 is 11.6. The van der Waals surface area contributed by atoms with Crippen LogP contribution in [-0.2, 0) is 0 Å². The minimum atomic E-state index is -0.184. The molecule has 1 saturated carbocycles. The zero-order valence-corrected chi connectivity index (χ0v) is 6.41. The molecule has 1 nitrogen and oxygen atoms in total. The Balaban J connectivity index is 1.68. The highest BCUT2D eigenvalue weighted by Gasteiger charge is 2.19. The minimum absolute atomic E-state index is 0.184. The molecule has 0 aromatic heterocycles. The van der Waals surface area contributed by atoms with Crippen molar-refractivity contribution in [2.45, 2.75) is 25.7 Å². The summed E-state index contributed by atoms with van der Waals surface area (Å²) in [6.45, 7) is 1.75. The third-order valence-corrected chi connectivity index (χ3v) is 1.91. The monoisotopic (exact) mass is 145 g/mol.